The van der Waals surface area contributed by atoms with E-state index >= 15 is 0 Å². The first-order chi connectivity index (χ1) is 18.5. The second kappa shape index (κ2) is 12.6. The van der Waals surface area contributed by atoms with E-state index < -0.39 is 21.6 Å². The number of nitrogens with zero attached hydrogens (tertiary/aromatic N) is 3. The third kappa shape index (κ3) is 7.89. The molecule has 1 saturated heterocycles. The van der Waals surface area contributed by atoms with E-state index in [2.05, 4.69) is 32.8 Å². The Balaban J connectivity index is 1.21. The highest BCUT2D eigenvalue weighted by Gasteiger charge is 2.32. The second-order valence-electron chi connectivity index (χ2n) is 10.5. The monoisotopic (exact) mass is 564 g/mol. The number of hydrogen-bond donors (Lipinski definition) is 0. The largest absolute Gasteiger partial charge is 0.489 e. The van der Waals surface area contributed by atoms with E-state index in [1.165, 1.54) is 0 Å². The van der Waals surface area contributed by atoms with Crippen molar-refractivity contribution in [2.24, 2.45) is 5.92 Å². The van der Waals surface area contributed by atoms with Crippen molar-refractivity contribution < 1.29 is 26.3 Å². The van der Waals surface area contributed by atoms with Crippen molar-refractivity contribution in [2.75, 3.05) is 43.4 Å². The Hall–Kier alpha value is -2.77. The molecule has 212 valence electrons. The van der Waals surface area contributed by atoms with Gasteiger partial charge in [0.25, 0.3) is 12.6 Å². The molecule has 1 aliphatic carbocycles. The molecule has 6 nitrogen and oxygen atoms in total. The Morgan fingerprint density at radius 1 is 0.974 bits per heavy atom. The van der Waals surface area contributed by atoms with E-state index in [-0.39, 0.29) is 29.2 Å². The first-order valence-electron chi connectivity index (χ1n) is 13.6. The summed E-state index contributed by atoms with van der Waals surface area (Å²) in [7, 11) is -3.70. The Labute approximate surface area is 229 Å². The van der Waals surface area contributed by atoms with Gasteiger partial charge in [-0.3, -0.25) is 4.90 Å². The minimum atomic E-state index is -4.50. The van der Waals surface area contributed by atoms with E-state index in [0.717, 1.165) is 87.6 Å². The predicted molar refractivity (Wildman–Crippen MR) is 147 cm³/mol. The first-order valence-corrected chi connectivity index (χ1v) is 15.2. The molecular weight excluding hydrogens is 527 g/mol. The van der Waals surface area contributed by atoms with E-state index in [1.807, 2.05) is 26.0 Å². The molecule has 0 radical (unpaired) electrons. The van der Waals surface area contributed by atoms with Crippen molar-refractivity contribution in [3.63, 3.8) is 0 Å². The van der Waals surface area contributed by atoms with Gasteiger partial charge in [-0.05, 0) is 75.9 Å². The van der Waals surface area contributed by atoms with E-state index in [1.54, 1.807) is 0 Å². The molecule has 2 aliphatic rings. The third-order valence-corrected chi connectivity index (χ3v) is 9.09. The number of rotatable bonds is 7. The lowest BCUT2D eigenvalue weighted by Crippen LogP contribution is -2.51. The molecule has 0 amide bonds. The molecule has 1 saturated carbocycles. The van der Waals surface area contributed by atoms with Gasteiger partial charge in [-0.1, -0.05) is 17.0 Å². The van der Waals surface area contributed by atoms with Crippen molar-refractivity contribution in [1.29, 1.82) is 0 Å². The van der Waals surface area contributed by atoms with Crippen molar-refractivity contribution in [1.82, 2.24) is 4.90 Å². The van der Waals surface area contributed by atoms with Crippen LogP contribution in [0.1, 0.15) is 45.1 Å². The predicted octanol–water partition coefficient (Wildman–Crippen LogP) is 5.98. The van der Waals surface area contributed by atoms with Crippen molar-refractivity contribution in [3.8, 4) is 11.8 Å². The van der Waals surface area contributed by atoms with E-state index in [9.17, 15) is 21.6 Å². The minimum absolute atomic E-state index is 0.0489. The lowest BCUT2D eigenvalue weighted by molar-refractivity contribution is -0.137. The van der Waals surface area contributed by atoms with Gasteiger partial charge >= 0.3 is 6.18 Å². The number of hydrogen-bond acceptors (Lipinski definition) is 5. The molecule has 2 aromatic carbocycles. The van der Waals surface area contributed by atoms with Crippen LogP contribution >= 0.6 is 0 Å². The fourth-order valence-electron chi connectivity index (χ4n) is 5.30. The number of piperazine rings is 1. The van der Waals surface area contributed by atoms with Crippen LogP contribution in [-0.2, 0) is 16.0 Å². The molecule has 1 heterocycles. The lowest BCUT2D eigenvalue weighted by Gasteiger charge is -2.42. The van der Waals surface area contributed by atoms with Crippen molar-refractivity contribution in [3.05, 3.63) is 58.9 Å². The number of halogens is 3. The van der Waals surface area contributed by atoms with Crippen LogP contribution in [0, 0.1) is 12.0 Å². The number of anilines is 1. The van der Waals surface area contributed by atoms with E-state index in [0.29, 0.717) is 6.04 Å². The minimum Gasteiger partial charge on any atom is -0.489 e. The highest BCUT2D eigenvalue weighted by Crippen LogP contribution is 2.32. The van der Waals surface area contributed by atoms with Crippen LogP contribution < -0.4 is 9.64 Å². The zero-order valence-corrected chi connectivity index (χ0v) is 23.3. The number of alkyl halides is 3. The van der Waals surface area contributed by atoms with Crippen LogP contribution in [0.4, 0.5) is 18.9 Å². The van der Waals surface area contributed by atoms with Gasteiger partial charge in [-0.25, -0.2) is 8.42 Å². The lowest BCUT2D eigenvalue weighted by atomic mass is 9.86. The number of ether oxygens (including phenoxy) is 1. The number of para-hydroxylation sites is 2. The molecule has 39 heavy (non-hydrogen) atoms. The summed E-state index contributed by atoms with van der Waals surface area (Å²) in [5.41, 5.74) is 0.285. The van der Waals surface area contributed by atoms with Gasteiger partial charge in [0.1, 0.15) is 11.5 Å². The summed E-state index contributed by atoms with van der Waals surface area (Å²) in [6, 6.07) is 15.5. The molecule has 4 rings (SSSR count). The maximum absolute atomic E-state index is 12.7. The number of benzene rings is 2. The van der Waals surface area contributed by atoms with Crippen LogP contribution in [0.3, 0.4) is 0 Å². The summed E-state index contributed by atoms with van der Waals surface area (Å²) in [6.45, 7) is 8.05. The zero-order chi connectivity index (χ0) is 28.0. The summed E-state index contributed by atoms with van der Waals surface area (Å²) < 4.78 is 69.1. The molecule has 0 aromatic heterocycles. The van der Waals surface area contributed by atoms with Gasteiger partial charge in [-0.15, -0.1) is 0 Å². The van der Waals surface area contributed by atoms with Crippen molar-refractivity contribution in [2.45, 2.75) is 62.7 Å². The van der Waals surface area contributed by atoms with Gasteiger partial charge in [0.2, 0.25) is 0 Å². The zero-order valence-electron chi connectivity index (χ0n) is 22.5. The second-order valence-corrected chi connectivity index (χ2v) is 12.6. The molecule has 0 N–H and O–H groups in total. The SMILES string of the molecule is CC(C)Oc1ccccc1N1CCN(C2CCC(C#[N+]CCS(=O)(=O)c3ccc(C(F)(F)F)cc3)CC2)CC1. The van der Waals surface area contributed by atoms with E-state index in [4.69, 9.17) is 4.74 Å². The van der Waals surface area contributed by atoms with Gasteiger partial charge < -0.3 is 9.64 Å². The summed E-state index contributed by atoms with van der Waals surface area (Å²) >= 11 is 0. The Morgan fingerprint density at radius 2 is 1.62 bits per heavy atom. The normalized spacial score (nSPS) is 20.9. The molecule has 2 fully saturated rings. The maximum atomic E-state index is 12.7. The molecule has 0 bridgehead atoms. The van der Waals surface area contributed by atoms with Gasteiger partial charge in [0.05, 0.1) is 28.2 Å². The summed E-state index contributed by atoms with van der Waals surface area (Å²) in [4.78, 5) is 9.09. The summed E-state index contributed by atoms with van der Waals surface area (Å²) in [6.07, 6.45) is -0.319. The molecule has 0 spiro atoms. The van der Waals surface area contributed by atoms with Crippen LogP contribution in [0.5, 0.6) is 5.75 Å². The van der Waals surface area contributed by atoms with Crippen LogP contribution in [0.25, 0.3) is 4.85 Å². The van der Waals surface area contributed by atoms with Crippen LogP contribution in [-0.4, -0.2) is 63.9 Å². The highest BCUT2D eigenvalue weighted by atomic mass is 32.2. The molecular formula is C29H37F3N3O3S+. The molecule has 1 aliphatic heterocycles. The van der Waals surface area contributed by atoms with Gasteiger partial charge in [0, 0.05) is 32.2 Å². The summed E-state index contributed by atoms with van der Waals surface area (Å²) in [5.74, 6) is 0.885. The highest BCUT2D eigenvalue weighted by molar-refractivity contribution is 7.91. The van der Waals surface area contributed by atoms with Crippen LogP contribution in [0.2, 0.25) is 0 Å². The smallest absolute Gasteiger partial charge is 0.416 e. The number of sulfone groups is 1. The molecule has 0 unspecified atom stereocenters. The Bertz CT molecular complexity index is 1250. The van der Waals surface area contributed by atoms with Crippen molar-refractivity contribution >= 4 is 15.5 Å². The first kappa shape index (κ1) is 29.2. The quantitative estimate of drug-likeness (QED) is 0.414. The summed E-state index contributed by atoms with van der Waals surface area (Å²) in [5, 5.41) is 0. The average molecular weight is 565 g/mol. The molecule has 10 heteroatoms. The molecule has 0 atom stereocenters. The fourth-order valence-corrected chi connectivity index (χ4v) is 6.42. The van der Waals surface area contributed by atoms with Crippen LogP contribution in [0.15, 0.2) is 53.4 Å². The average Bonchev–Trinajstić information content (AvgIpc) is 2.91. The Kier molecular flexibility index (Phi) is 9.44. The van der Waals surface area contributed by atoms with Gasteiger partial charge in [0.15, 0.2) is 9.84 Å². The standard InChI is InChI=1S/C29H37F3N3O3S/c1-22(2)38-28-6-4-3-5-27(28)35-18-16-34(17-19-35)25-11-7-23(8-12-25)21-33-15-20-39(36,37)26-13-9-24(10-14-26)29(30,31)32/h3-6,9-10,13-14,22-23,25H,7-8,11-12,15-20H2,1-2H3/q+1. The third-order valence-electron chi connectivity index (χ3n) is 7.38. The molecule has 2 aromatic rings. The fraction of sp³-hybridized carbons (Fsp3) is 0.552. The maximum Gasteiger partial charge on any atom is 0.416 e. The van der Waals surface area contributed by atoms with Gasteiger partial charge in [-0.2, -0.15) is 13.2 Å². The topological polar surface area (TPSA) is 54.2 Å². The Morgan fingerprint density at radius 3 is 2.23 bits per heavy atom.